The molecule has 4 aromatic heterocycles. The zero-order valence-corrected chi connectivity index (χ0v) is 26.0. The molecule has 5 heterocycles. The first-order valence-corrected chi connectivity index (χ1v) is 13.6. The summed E-state index contributed by atoms with van der Waals surface area (Å²) in [4.78, 5) is 10.4. The van der Waals surface area contributed by atoms with Crippen LogP contribution in [-0.4, -0.2) is 19.1 Å². The van der Waals surface area contributed by atoms with Crippen LogP contribution in [0.2, 0.25) is 0 Å². The van der Waals surface area contributed by atoms with Crippen LogP contribution in [0, 0.1) is 12.4 Å². The Balaban J connectivity index is 0.00000289. The van der Waals surface area contributed by atoms with Crippen molar-refractivity contribution in [2.75, 3.05) is 0 Å². The number of fused-ring (bicyclic) bond motifs is 16. The third-order valence-electron chi connectivity index (χ3n) is 9.30. The number of rotatable bonds is 0. The zero-order chi connectivity index (χ0) is 27.2. The van der Waals surface area contributed by atoms with Gasteiger partial charge in [0.15, 0.2) is 0 Å². The minimum absolute atomic E-state index is 0. The Morgan fingerprint density at radius 2 is 0.925 bits per heavy atom. The molecule has 6 aromatic rings. The van der Waals surface area contributed by atoms with Gasteiger partial charge in [-0.1, -0.05) is 112 Å². The van der Waals surface area contributed by atoms with Crippen LogP contribution in [0.3, 0.4) is 0 Å². The molecule has 1 aliphatic rings. The van der Waals surface area contributed by atoms with Crippen LogP contribution in [-0.2, 0) is 37.3 Å². The number of pyridine rings is 2. The van der Waals surface area contributed by atoms with Gasteiger partial charge < -0.3 is 9.13 Å². The van der Waals surface area contributed by atoms with Crippen molar-refractivity contribution in [2.45, 2.75) is 57.8 Å². The predicted octanol–water partition coefficient (Wildman–Crippen LogP) is 7.86. The van der Waals surface area contributed by atoms with E-state index in [9.17, 15) is 0 Å². The molecule has 0 saturated heterocycles. The molecule has 0 aliphatic carbocycles. The van der Waals surface area contributed by atoms with Gasteiger partial charge in [-0.15, -0.1) is 34.0 Å². The van der Waals surface area contributed by atoms with Gasteiger partial charge in [0.25, 0.3) is 0 Å². The van der Waals surface area contributed by atoms with Gasteiger partial charge in [-0.2, -0.15) is 0 Å². The van der Waals surface area contributed by atoms with Crippen LogP contribution < -0.4 is 0 Å². The van der Waals surface area contributed by atoms with E-state index in [1.807, 2.05) is 0 Å². The largest absolute Gasteiger partial charge is 2.00 e. The molecule has 0 fully saturated rings. The Hall–Kier alpha value is -3.49. The maximum Gasteiger partial charge on any atom is 2.00 e. The summed E-state index contributed by atoms with van der Waals surface area (Å²) < 4.78 is 4.27. The maximum atomic E-state index is 5.21. The number of hydrogen-bond donors (Lipinski definition) is 0. The van der Waals surface area contributed by atoms with E-state index in [4.69, 9.17) is 9.97 Å². The van der Waals surface area contributed by atoms with Crippen molar-refractivity contribution < 1.29 is 21.1 Å². The summed E-state index contributed by atoms with van der Waals surface area (Å²) in [7, 11) is 0. The second kappa shape index (κ2) is 9.01. The van der Waals surface area contributed by atoms with Crippen LogP contribution in [0.4, 0.5) is 0 Å². The number of para-hydroxylation sites is 2. The van der Waals surface area contributed by atoms with Crippen molar-refractivity contribution in [1.82, 2.24) is 19.1 Å². The standard InChI is InChI=1S/C35H32N4.Pt/c1-33(2)29-17-11-19-31(36-29)38-21-25(23-13-7-9-15-27(23)38)34(3,4)35(5,6)26-22-39(28-16-10-8-14-24(26)28)32-20-12-18-30(33)37-32;/h7-20H,1-6H3;/q-2;+2. The number of aromatic nitrogens is 4. The molecule has 7 rings (SSSR count). The van der Waals surface area contributed by atoms with Gasteiger partial charge in [0.2, 0.25) is 0 Å². The van der Waals surface area contributed by atoms with E-state index in [1.165, 1.54) is 21.9 Å². The topological polar surface area (TPSA) is 35.6 Å². The van der Waals surface area contributed by atoms with Gasteiger partial charge in [0.05, 0.1) is 11.6 Å². The molecule has 0 amide bonds. The molecular weight excluding hydrogens is 671 g/mol. The van der Waals surface area contributed by atoms with Crippen molar-refractivity contribution in [1.29, 1.82) is 0 Å². The van der Waals surface area contributed by atoms with Gasteiger partial charge in [0.1, 0.15) is 0 Å². The minimum atomic E-state index is -0.414. The third kappa shape index (κ3) is 3.62. The van der Waals surface area contributed by atoms with Crippen molar-refractivity contribution in [3.63, 3.8) is 0 Å². The van der Waals surface area contributed by atoms with Crippen molar-refractivity contribution >= 4 is 21.8 Å². The summed E-state index contributed by atoms with van der Waals surface area (Å²) in [6, 6.07) is 29.7. The summed E-state index contributed by atoms with van der Waals surface area (Å²) in [6.45, 7) is 13.7. The van der Waals surface area contributed by atoms with Crippen molar-refractivity contribution in [3.8, 4) is 11.6 Å². The smallest absolute Gasteiger partial charge is 0.428 e. The molecule has 0 spiro atoms. The van der Waals surface area contributed by atoms with E-state index >= 15 is 0 Å². The molecular formula is C35H32N4Pt. The fourth-order valence-corrected chi connectivity index (χ4v) is 6.09. The Labute approximate surface area is 250 Å². The summed E-state index contributed by atoms with van der Waals surface area (Å²) in [5.74, 6) is 1.73. The molecule has 0 unspecified atom stereocenters. The Morgan fingerprint density at radius 1 is 0.525 bits per heavy atom. The molecule has 4 nitrogen and oxygen atoms in total. The third-order valence-corrected chi connectivity index (χ3v) is 9.30. The molecule has 2 aromatic carbocycles. The van der Waals surface area contributed by atoms with Crippen LogP contribution in [0.25, 0.3) is 33.4 Å². The Morgan fingerprint density at radius 3 is 1.35 bits per heavy atom. The van der Waals surface area contributed by atoms with Crippen molar-refractivity contribution in [2.24, 2.45) is 0 Å². The molecule has 8 bridgehead atoms. The molecule has 0 radical (unpaired) electrons. The first-order chi connectivity index (χ1) is 18.6. The number of benzene rings is 2. The van der Waals surface area contributed by atoms with E-state index in [0.29, 0.717) is 0 Å². The van der Waals surface area contributed by atoms with Crippen LogP contribution in [0.5, 0.6) is 0 Å². The first-order valence-electron chi connectivity index (χ1n) is 13.6. The second-order valence-corrected chi connectivity index (χ2v) is 12.3. The molecule has 40 heavy (non-hydrogen) atoms. The molecule has 0 saturated carbocycles. The Kier molecular flexibility index (Phi) is 6.02. The van der Waals surface area contributed by atoms with Gasteiger partial charge in [-0.3, -0.25) is 9.97 Å². The van der Waals surface area contributed by atoms with Crippen LogP contribution in [0.15, 0.2) is 84.9 Å². The van der Waals surface area contributed by atoms with E-state index < -0.39 is 5.41 Å². The van der Waals surface area contributed by atoms with E-state index in [1.54, 1.807) is 0 Å². The number of nitrogens with zero attached hydrogens (tertiary/aromatic N) is 4. The van der Waals surface area contributed by atoms with E-state index in [0.717, 1.165) is 34.1 Å². The number of hydrogen-bond acceptors (Lipinski definition) is 2. The predicted molar refractivity (Wildman–Crippen MR) is 158 cm³/mol. The van der Waals surface area contributed by atoms with E-state index in [-0.39, 0.29) is 31.9 Å². The zero-order valence-electron chi connectivity index (χ0n) is 23.7. The minimum Gasteiger partial charge on any atom is -0.428 e. The fourth-order valence-electron chi connectivity index (χ4n) is 6.09. The van der Waals surface area contributed by atoms with Gasteiger partial charge >= 0.3 is 21.1 Å². The summed E-state index contributed by atoms with van der Waals surface area (Å²) in [5.41, 5.74) is 5.49. The van der Waals surface area contributed by atoms with E-state index in [2.05, 4.69) is 148 Å². The fraction of sp³-hybridized carbons (Fsp3) is 0.257. The van der Waals surface area contributed by atoms with Crippen LogP contribution in [0.1, 0.15) is 64.1 Å². The average molecular weight is 704 g/mol. The average Bonchev–Trinajstić information content (AvgIpc) is 3.53. The van der Waals surface area contributed by atoms with Gasteiger partial charge in [-0.05, 0) is 36.8 Å². The maximum absolute atomic E-state index is 5.21. The monoisotopic (exact) mass is 703 g/mol. The molecule has 0 N–H and O–H groups in total. The van der Waals surface area contributed by atoms with Crippen LogP contribution >= 0.6 is 0 Å². The van der Waals surface area contributed by atoms with Crippen molar-refractivity contribution in [3.05, 3.63) is 120 Å². The normalized spacial score (nSPS) is 16.6. The first kappa shape index (κ1) is 26.7. The summed E-state index contributed by atoms with van der Waals surface area (Å²) in [5, 5.41) is 2.40. The second-order valence-electron chi connectivity index (χ2n) is 12.3. The SMILES string of the molecule is CC1(C)c2cccc(n2)-n2[c-]c(c3ccccc32)C(C)(C)C(C)(C)c2[c-]n(c3ccccc23)-c2cccc1n2.[Pt+2]. The molecule has 202 valence electrons. The summed E-state index contributed by atoms with van der Waals surface area (Å²) >= 11 is 0. The van der Waals surface area contributed by atoms with Gasteiger partial charge in [0, 0.05) is 16.8 Å². The Bertz CT molecular complexity index is 1770. The summed E-state index contributed by atoms with van der Waals surface area (Å²) in [6.07, 6.45) is 7.63. The molecule has 0 atom stereocenters. The molecule has 5 heteroatoms. The molecule has 1 aliphatic heterocycles. The quantitative estimate of drug-likeness (QED) is 0.151. The van der Waals surface area contributed by atoms with Gasteiger partial charge in [-0.25, -0.2) is 0 Å².